The smallest absolute Gasteiger partial charge is 0.261 e. The van der Waals surface area contributed by atoms with Gasteiger partial charge < -0.3 is 10.1 Å². The second-order valence-electron chi connectivity index (χ2n) is 4.60. The molecule has 4 nitrogen and oxygen atoms in total. The van der Waals surface area contributed by atoms with Crippen LogP contribution in [0, 0.1) is 0 Å². The molecular weight excluding hydrogens is 276 g/mol. The fourth-order valence-electron chi connectivity index (χ4n) is 2.16. The van der Waals surface area contributed by atoms with Gasteiger partial charge in [-0.25, -0.2) is 0 Å². The number of rotatable bonds is 3. The van der Waals surface area contributed by atoms with E-state index in [1.54, 1.807) is 18.3 Å². The summed E-state index contributed by atoms with van der Waals surface area (Å²) < 4.78 is 5.62. The van der Waals surface area contributed by atoms with Gasteiger partial charge in [0.1, 0.15) is 5.75 Å². The average Bonchev–Trinajstić information content (AvgIpc) is 2.89. The van der Waals surface area contributed by atoms with E-state index in [1.807, 2.05) is 24.3 Å². The number of hydrogen-bond acceptors (Lipinski definition) is 3. The van der Waals surface area contributed by atoms with Crippen LogP contribution in [0.4, 0.5) is 0 Å². The highest BCUT2D eigenvalue weighted by Gasteiger charge is 2.28. The molecule has 5 heteroatoms. The van der Waals surface area contributed by atoms with E-state index in [0.29, 0.717) is 18.0 Å². The van der Waals surface area contributed by atoms with Crippen molar-refractivity contribution >= 4 is 17.5 Å². The van der Waals surface area contributed by atoms with Crippen LogP contribution in [0.1, 0.15) is 11.3 Å². The lowest BCUT2D eigenvalue weighted by molar-refractivity contribution is -0.127. The van der Waals surface area contributed by atoms with E-state index in [1.165, 1.54) is 0 Å². The van der Waals surface area contributed by atoms with Crippen LogP contribution in [0.25, 0.3) is 0 Å². The van der Waals surface area contributed by atoms with Crippen molar-refractivity contribution in [2.24, 2.45) is 0 Å². The molecular formula is C15H13ClN2O2. The maximum Gasteiger partial charge on any atom is 0.261 e. The fourth-order valence-corrected chi connectivity index (χ4v) is 2.35. The molecule has 0 radical (unpaired) electrons. The highest BCUT2D eigenvalue weighted by molar-refractivity contribution is 6.30. The number of carbonyl (C=O) groups excluding carboxylic acids is 1. The number of nitrogens with one attached hydrogen (secondary N) is 1. The van der Waals surface area contributed by atoms with Crippen LogP contribution in [-0.2, 0) is 17.8 Å². The molecule has 3 rings (SSSR count). The van der Waals surface area contributed by atoms with Gasteiger partial charge in [0.25, 0.3) is 5.91 Å². The first-order valence-corrected chi connectivity index (χ1v) is 6.73. The number of ether oxygens (including phenoxy) is 1. The van der Waals surface area contributed by atoms with E-state index in [0.717, 1.165) is 17.0 Å². The number of hydrogen-bond donors (Lipinski definition) is 1. The Morgan fingerprint density at radius 2 is 2.30 bits per heavy atom. The van der Waals surface area contributed by atoms with Crippen LogP contribution >= 0.6 is 11.6 Å². The maximum absolute atomic E-state index is 12.1. The minimum atomic E-state index is -0.493. The first kappa shape index (κ1) is 12.9. The normalized spacial score (nSPS) is 16.4. The minimum Gasteiger partial charge on any atom is -0.480 e. The summed E-state index contributed by atoms with van der Waals surface area (Å²) in [5.41, 5.74) is 1.79. The molecule has 1 atom stereocenters. The summed E-state index contributed by atoms with van der Waals surface area (Å²) in [4.78, 5) is 16.2. The lowest BCUT2D eigenvalue weighted by Gasteiger charge is -2.10. The summed E-state index contributed by atoms with van der Waals surface area (Å²) in [6, 6.07) is 11.0. The van der Waals surface area contributed by atoms with Crippen molar-refractivity contribution in [2.45, 2.75) is 19.1 Å². The third kappa shape index (κ3) is 2.75. The van der Waals surface area contributed by atoms with Crippen molar-refractivity contribution in [2.75, 3.05) is 0 Å². The van der Waals surface area contributed by atoms with Crippen molar-refractivity contribution in [1.82, 2.24) is 10.3 Å². The quantitative estimate of drug-likeness (QED) is 0.943. The predicted octanol–water partition coefficient (Wildman–Crippen LogP) is 2.35. The number of carbonyl (C=O) groups is 1. The number of fused-ring (bicyclic) bond motifs is 1. The Morgan fingerprint density at radius 3 is 3.10 bits per heavy atom. The second kappa shape index (κ2) is 5.51. The largest absolute Gasteiger partial charge is 0.480 e. The molecule has 1 unspecified atom stereocenters. The second-order valence-corrected chi connectivity index (χ2v) is 5.04. The zero-order valence-electron chi connectivity index (χ0n) is 10.7. The Balaban J connectivity index is 1.60. The molecule has 1 aromatic carbocycles. The number of aromatic nitrogens is 1. The van der Waals surface area contributed by atoms with Gasteiger partial charge in [-0.3, -0.25) is 9.78 Å². The van der Waals surface area contributed by atoms with Gasteiger partial charge >= 0.3 is 0 Å². The van der Waals surface area contributed by atoms with Gasteiger partial charge in [0, 0.05) is 17.6 Å². The fraction of sp³-hybridized carbons (Fsp3) is 0.200. The van der Waals surface area contributed by atoms with Crippen molar-refractivity contribution in [1.29, 1.82) is 0 Å². The van der Waals surface area contributed by atoms with Gasteiger partial charge in [0.15, 0.2) is 6.10 Å². The summed E-state index contributed by atoms with van der Waals surface area (Å²) in [5.74, 6) is 0.593. The summed E-state index contributed by atoms with van der Waals surface area (Å²) in [5, 5.41) is 3.49. The molecule has 0 aliphatic carbocycles. The Kier molecular flexibility index (Phi) is 3.56. The molecule has 1 amide bonds. The number of benzene rings is 1. The van der Waals surface area contributed by atoms with E-state index < -0.39 is 6.10 Å². The molecule has 1 N–H and O–H groups in total. The van der Waals surface area contributed by atoms with Gasteiger partial charge in [-0.05, 0) is 35.9 Å². The minimum absolute atomic E-state index is 0.136. The van der Waals surface area contributed by atoms with Gasteiger partial charge in [-0.1, -0.05) is 17.7 Å². The van der Waals surface area contributed by atoms with E-state index in [4.69, 9.17) is 16.3 Å². The third-order valence-electron chi connectivity index (χ3n) is 3.16. The molecule has 1 aliphatic heterocycles. The van der Waals surface area contributed by atoms with E-state index in [-0.39, 0.29) is 5.91 Å². The third-order valence-corrected chi connectivity index (χ3v) is 3.39. The molecule has 2 aromatic rings. The zero-order valence-corrected chi connectivity index (χ0v) is 11.4. The van der Waals surface area contributed by atoms with Gasteiger partial charge in [0.2, 0.25) is 0 Å². The number of halogens is 1. The summed E-state index contributed by atoms with van der Waals surface area (Å²) >= 11 is 5.93. The van der Waals surface area contributed by atoms with Crippen LogP contribution in [-0.4, -0.2) is 17.0 Å². The Hall–Kier alpha value is -2.07. The molecule has 0 fully saturated rings. The van der Waals surface area contributed by atoms with Crippen LogP contribution < -0.4 is 10.1 Å². The predicted molar refractivity (Wildman–Crippen MR) is 75.7 cm³/mol. The topological polar surface area (TPSA) is 51.2 Å². The molecule has 1 aliphatic rings. The van der Waals surface area contributed by atoms with Gasteiger partial charge in [0.05, 0.1) is 12.2 Å². The van der Waals surface area contributed by atoms with Gasteiger partial charge in [-0.15, -0.1) is 0 Å². The van der Waals surface area contributed by atoms with E-state index in [9.17, 15) is 4.79 Å². The molecule has 2 heterocycles. The Bertz CT molecular complexity index is 631. The van der Waals surface area contributed by atoms with Crippen molar-refractivity contribution in [3.63, 3.8) is 0 Å². The lowest BCUT2D eigenvalue weighted by atomic mass is 10.1. The molecule has 0 spiro atoms. The number of amides is 1. The van der Waals surface area contributed by atoms with E-state index in [2.05, 4.69) is 10.3 Å². The highest BCUT2D eigenvalue weighted by Crippen LogP contribution is 2.31. The molecule has 20 heavy (non-hydrogen) atoms. The lowest BCUT2D eigenvalue weighted by Crippen LogP contribution is -2.37. The monoisotopic (exact) mass is 288 g/mol. The Morgan fingerprint density at radius 1 is 1.40 bits per heavy atom. The standard InChI is InChI=1S/C15H13ClN2O2/c16-11-4-5-13-10(7-11)8-14(20-13)15(19)18-9-12-3-1-2-6-17-12/h1-7,14H,8-9H2,(H,18,19). The molecule has 0 saturated heterocycles. The number of nitrogens with zero attached hydrogens (tertiary/aromatic N) is 1. The molecule has 0 bridgehead atoms. The summed E-state index contributed by atoms with van der Waals surface area (Å²) in [6.07, 6.45) is 1.75. The average molecular weight is 289 g/mol. The highest BCUT2D eigenvalue weighted by atomic mass is 35.5. The van der Waals surface area contributed by atoms with Crippen LogP contribution in [0.3, 0.4) is 0 Å². The van der Waals surface area contributed by atoms with Gasteiger partial charge in [-0.2, -0.15) is 0 Å². The molecule has 0 saturated carbocycles. The van der Waals surface area contributed by atoms with Crippen LogP contribution in [0.5, 0.6) is 5.75 Å². The Labute approximate surface area is 121 Å². The molecule has 102 valence electrons. The SMILES string of the molecule is O=C(NCc1ccccn1)C1Cc2cc(Cl)ccc2O1. The van der Waals surface area contributed by atoms with E-state index >= 15 is 0 Å². The zero-order chi connectivity index (χ0) is 13.9. The first-order chi connectivity index (χ1) is 9.72. The summed E-state index contributed by atoms with van der Waals surface area (Å²) in [6.45, 7) is 0.399. The summed E-state index contributed by atoms with van der Waals surface area (Å²) in [7, 11) is 0. The van der Waals surface area contributed by atoms with Crippen LogP contribution in [0.2, 0.25) is 5.02 Å². The van der Waals surface area contributed by atoms with Crippen molar-refractivity contribution in [3.05, 3.63) is 58.9 Å². The molecule has 1 aromatic heterocycles. The first-order valence-electron chi connectivity index (χ1n) is 6.35. The van der Waals surface area contributed by atoms with Crippen LogP contribution in [0.15, 0.2) is 42.6 Å². The van der Waals surface area contributed by atoms with Crippen molar-refractivity contribution in [3.8, 4) is 5.75 Å². The maximum atomic E-state index is 12.1. The number of pyridine rings is 1. The van der Waals surface area contributed by atoms with Crippen molar-refractivity contribution < 1.29 is 9.53 Å².